The summed E-state index contributed by atoms with van der Waals surface area (Å²) in [5, 5.41) is 2.42. The van der Waals surface area contributed by atoms with Crippen molar-refractivity contribution in [2.24, 2.45) is 0 Å². The zero-order valence-corrected chi connectivity index (χ0v) is 10.5. The summed E-state index contributed by atoms with van der Waals surface area (Å²) in [7, 11) is 2.96. The number of carbonyl (C=O) groups is 1. The molecular weight excluding hydrogens is 250 g/mol. The van der Waals surface area contributed by atoms with Gasteiger partial charge in [0.2, 0.25) is 0 Å². The molecule has 1 aromatic rings. The summed E-state index contributed by atoms with van der Waals surface area (Å²) in [6.07, 6.45) is 0.537. The molecule has 0 fully saturated rings. The molecule has 0 spiro atoms. The number of rotatable bonds is 3. The van der Waals surface area contributed by atoms with Gasteiger partial charge in [-0.25, -0.2) is 8.42 Å². The molecule has 6 heteroatoms. The second kappa shape index (κ2) is 4.84. The van der Waals surface area contributed by atoms with Crippen molar-refractivity contribution in [3.8, 4) is 0 Å². The van der Waals surface area contributed by atoms with Crippen molar-refractivity contribution in [2.75, 3.05) is 7.05 Å². The molecule has 0 aliphatic carbocycles. The summed E-state index contributed by atoms with van der Waals surface area (Å²) in [5.74, 6) is -0.343. The molecule has 0 heterocycles. The summed E-state index contributed by atoms with van der Waals surface area (Å²) >= 11 is 0. The quantitative estimate of drug-likeness (QED) is 0.840. The van der Waals surface area contributed by atoms with Crippen molar-refractivity contribution in [1.82, 2.24) is 5.32 Å². The largest absolute Gasteiger partial charge is 0.355 e. The van der Waals surface area contributed by atoms with Gasteiger partial charge in [0.05, 0.1) is 4.90 Å². The van der Waals surface area contributed by atoms with E-state index in [4.69, 9.17) is 10.7 Å². The van der Waals surface area contributed by atoms with E-state index in [0.29, 0.717) is 12.0 Å². The standard InChI is InChI=1S/C10H12ClNO3S/c1-3-7-4-5-8(10(13)12-2)6-9(7)16(11,14)15/h4-6H,3H2,1-2H3,(H,12,13). The Labute approximate surface area is 99.0 Å². The van der Waals surface area contributed by atoms with E-state index in [9.17, 15) is 13.2 Å². The Hall–Kier alpha value is -1.07. The first kappa shape index (κ1) is 13.0. The van der Waals surface area contributed by atoms with Gasteiger partial charge in [-0.3, -0.25) is 4.79 Å². The van der Waals surface area contributed by atoms with Gasteiger partial charge >= 0.3 is 0 Å². The van der Waals surface area contributed by atoms with E-state index in [2.05, 4.69) is 5.32 Å². The monoisotopic (exact) mass is 261 g/mol. The highest BCUT2D eigenvalue weighted by Gasteiger charge is 2.17. The number of aryl methyl sites for hydroxylation is 1. The van der Waals surface area contributed by atoms with E-state index in [-0.39, 0.29) is 16.4 Å². The highest BCUT2D eigenvalue weighted by Crippen LogP contribution is 2.22. The third-order valence-electron chi connectivity index (χ3n) is 2.20. The van der Waals surface area contributed by atoms with Crippen LogP contribution < -0.4 is 5.32 Å². The summed E-state index contributed by atoms with van der Waals surface area (Å²) in [4.78, 5) is 11.3. The molecule has 88 valence electrons. The zero-order valence-electron chi connectivity index (χ0n) is 8.95. The maximum atomic E-state index is 11.3. The van der Waals surface area contributed by atoms with Crippen LogP contribution in [0.1, 0.15) is 22.8 Å². The molecule has 1 amide bonds. The average molecular weight is 262 g/mol. The van der Waals surface area contributed by atoms with Gasteiger partial charge < -0.3 is 5.32 Å². The maximum Gasteiger partial charge on any atom is 0.261 e. The molecule has 0 bridgehead atoms. The third kappa shape index (κ3) is 2.74. The minimum atomic E-state index is -3.82. The van der Waals surface area contributed by atoms with Gasteiger partial charge in [0, 0.05) is 23.3 Å². The highest BCUT2D eigenvalue weighted by molar-refractivity contribution is 8.13. The fraction of sp³-hybridized carbons (Fsp3) is 0.300. The second-order valence-corrected chi connectivity index (χ2v) is 5.73. The van der Waals surface area contributed by atoms with Crippen LogP contribution in [0, 0.1) is 0 Å². The van der Waals surface area contributed by atoms with Gasteiger partial charge in [-0.1, -0.05) is 13.0 Å². The summed E-state index contributed by atoms with van der Waals surface area (Å²) in [6.45, 7) is 1.82. The Balaban J connectivity index is 3.39. The first-order chi connectivity index (χ1) is 7.40. The van der Waals surface area contributed by atoms with E-state index >= 15 is 0 Å². The van der Waals surface area contributed by atoms with Gasteiger partial charge in [0.15, 0.2) is 0 Å². The normalized spacial score (nSPS) is 11.2. The number of amides is 1. The van der Waals surface area contributed by atoms with E-state index < -0.39 is 9.05 Å². The predicted octanol–water partition coefficient (Wildman–Crippen LogP) is 1.54. The molecule has 0 unspecified atom stereocenters. The second-order valence-electron chi connectivity index (χ2n) is 3.19. The van der Waals surface area contributed by atoms with Gasteiger partial charge in [0.1, 0.15) is 0 Å². The van der Waals surface area contributed by atoms with Crippen LogP contribution >= 0.6 is 10.7 Å². The lowest BCUT2D eigenvalue weighted by atomic mass is 10.1. The van der Waals surface area contributed by atoms with Gasteiger partial charge in [0.25, 0.3) is 15.0 Å². The molecule has 0 atom stereocenters. The van der Waals surface area contributed by atoms with Gasteiger partial charge in [-0.05, 0) is 24.1 Å². The maximum absolute atomic E-state index is 11.3. The van der Waals surface area contributed by atoms with Crippen molar-refractivity contribution in [1.29, 1.82) is 0 Å². The van der Waals surface area contributed by atoms with Gasteiger partial charge in [-0.15, -0.1) is 0 Å². The van der Waals surface area contributed by atoms with Crippen molar-refractivity contribution in [2.45, 2.75) is 18.2 Å². The smallest absolute Gasteiger partial charge is 0.261 e. The molecule has 0 radical (unpaired) electrons. The van der Waals surface area contributed by atoms with E-state index in [1.54, 1.807) is 12.1 Å². The first-order valence-electron chi connectivity index (χ1n) is 4.69. The van der Waals surface area contributed by atoms with Crippen LogP contribution in [0.3, 0.4) is 0 Å². The van der Waals surface area contributed by atoms with Crippen molar-refractivity contribution in [3.63, 3.8) is 0 Å². The Morgan fingerprint density at radius 1 is 1.44 bits per heavy atom. The molecule has 1 rings (SSSR count). The summed E-state index contributed by atoms with van der Waals surface area (Å²) < 4.78 is 22.6. The van der Waals surface area contributed by atoms with Crippen LogP contribution in [-0.2, 0) is 15.5 Å². The molecule has 0 aliphatic heterocycles. The molecule has 0 saturated heterocycles. The van der Waals surface area contributed by atoms with Crippen LogP contribution in [0.15, 0.2) is 23.1 Å². The minimum absolute atomic E-state index is 0.00207. The Bertz CT molecular complexity index is 511. The Morgan fingerprint density at radius 3 is 2.50 bits per heavy atom. The fourth-order valence-electron chi connectivity index (χ4n) is 1.36. The zero-order chi connectivity index (χ0) is 12.3. The SMILES string of the molecule is CCc1ccc(C(=O)NC)cc1S(=O)(=O)Cl. The molecule has 0 saturated carbocycles. The molecule has 4 nitrogen and oxygen atoms in total. The van der Waals surface area contributed by atoms with E-state index in [1.807, 2.05) is 6.92 Å². The predicted molar refractivity (Wildman–Crippen MR) is 62.2 cm³/mol. The van der Waals surface area contributed by atoms with Crippen LogP contribution in [0.5, 0.6) is 0 Å². The van der Waals surface area contributed by atoms with Crippen molar-refractivity contribution >= 4 is 25.6 Å². The van der Waals surface area contributed by atoms with E-state index in [0.717, 1.165) is 0 Å². The third-order valence-corrected chi connectivity index (χ3v) is 3.60. The van der Waals surface area contributed by atoms with E-state index in [1.165, 1.54) is 13.1 Å². The number of hydrogen-bond acceptors (Lipinski definition) is 3. The van der Waals surface area contributed by atoms with Gasteiger partial charge in [-0.2, -0.15) is 0 Å². The Morgan fingerprint density at radius 2 is 2.06 bits per heavy atom. The average Bonchev–Trinajstić information content (AvgIpc) is 2.26. The van der Waals surface area contributed by atoms with Crippen LogP contribution in [-0.4, -0.2) is 21.4 Å². The number of halogens is 1. The highest BCUT2D eigenvalue weighted by atomic mass is 35.7. The van der Waals surface area contributed by atoms with Crippen LogP contribution in [0.2, 0.25) is 0 Å². The van der Waals surface area contributed by atoms with Crippen LogP contribution in [0.4, 0.5) is 0 Å². The summed E-state index contributed by atoms with van der Waals surface area (Å²) in [5.41, 5.74) is 0.876. The molecule has 1 aromatic carbocycles. The number of nitrogens with one attached hydrogen (secondary N) is 1. The summed E-state index contributed by atoms with van der Waals surface area (Å²) in [6, 6.07) is 4.46. The lowest BCUT2D eigenvalue weighted by molar-refractivity contribution is 0.0963. The molecule has 0 aromatic heterocycles. The van der Waals surface area contributed by atoms with Crippen molar-refractivity contribution in [3.05, 3.63) is 29.3 Å². The molecule has 0 aliphatic rings. The van der Waals surface area contributed by atoms with Crippen LogP contribution in [0.25, 0.3) is 0 Å². The Kier molecular flexibility index (Phi) is 3.93. The number of hydrogen-bond donors (Lipinski definition) is 1. The number of carbonyl (C=O) groups excluding carboxylic acids is 1. The fourth-order valence-corrected chi connectivity index (χ4v) is 2.58. The van der Waals surface area contributed by atoms with Crippen molar-refractivity contribution < 1.29 is 13.2 Å². The molecule has 1 N–H and O–H groups in total. The first-order valence-corrected chi connectivity index (χ1v) is 7.00. The minimum Gasteiger partial charge on any atom is -0.355 e. The lowest BCUT2D eigenvalue weighted by Gasteiger charge is -2.06. The molecular formula is C10H12ClNO3S. The molecule has 16 heavy (non-hydrogen) atoms. The number of benzene rings is 1. The topological polar surface area (TPSA) is 63.2 Å². The lowest BCUT2D eigenvalue weighted by Crippen LogP contribution is -2.18.